The number of anilines is 1. The van der Waals surface area contributed by atoms with Gasteiger partial charge in [-0.2, -0.15) is 5.10 Å². The molecule has 6 N–H and O–H groups in total. The predicted octanol–water partition coefficient (Wildman–Crippen LogP) is 0.686. The molecule has 0 amide bonds. The van der Waals surface area contributed by atoms with Gasteiger partial charge in [0, 0.05) is 5.56 Å². The predicted molar refractivity (Wildman–Crippen MR) is 52.6 cm³/mol. The first-order valence-corrected chi connectivity index (χ1v) is 4.54. The molecule has 0 saturated carbocycles. The van der Waals surface area contributed by atoms with Crippen LogP contribution in [0.3, 0.4) is 0 Å². The molecule has 0 aromatic carbocycles. The van der Waals surface area contributed by atoms with Gasteiger partial charge >= 0.3 is 0 Å². The Balaban J connectivity index is 2.61. The van der Waals surface area contributed by atoms with Crippen LogP contribution < -0.4 is 17.0 Å². The van der Waals surface area contributed by atoms with Crippen LogP contribution in [0.2, 0.25) is 0 Å². The number of nitrogen functional groups attached to an aromatic ring is 1. The summed E-state index contributed by atoms with van der Waals surface area (Å²) in [4.78, 5) is 0. The van der Waals surface area contributed by atoms with E-state index < -0.39 is 0 Å². The molecule has 0 bridgehead atoms. The summed E-state index contributed by atoms with van der Waals surface area (Å²) in [7, 11) is 0. The molecule has 1 rings (SSSR count). The summed E-state index contributed by atoms with van der Waals surface area (Å²) in [6, 6.07) is 0.110. The van der Waals surface area contributed by atoms with Gasteiger partial charge in [0.25, 0.3) is 0 Å². The number of unbranched alkanes of at least 4 members (excludes halogenated alkanes) is 1. The summed E-state index contributed by atoms with van der Waals surface area (Å²) in [5.74, 6) is 6.02. The van der Waals surface area contributed by atoms with E-state index >= 15 is 0 Å². The number of hydrogen-bond acceptors (Lipinski definition) is 4. The summed E-state index contributed by atoms with van der Waals surface area (Å²) in [5.41, 5.74) is 9.37. The van der Waals surface area contributed by atoms with Crippen LogP contribution in [0.4, 0.5) is 5.82 Å². The average Bonchev–Trinajstić information content (AvgIpc) is 2.54. The summed E-state index contributed by atoms with van der Waals surface area (Å²) in [5, 5.41) is 6.55. The highest BCUT2D eigenvalue weighted by molar-refractivity contribution is 5.39. The molecule has 0 radical (unpaired) electrons. The van der Waals surface area contributed by atoms with E-state index in [0.717, 1.165) is 24.8 Å². The highest BCUT2D eigenvalue weighted by Gasteiger charge is 2.13. The van der Waals surface area contributed by atoms with Crippen LogP contribution in [-0.4, -0.2) is 10.2 Å². The fourth-order valence-corrected chi connectivity index (χ4v) is 1.32. The average molecular weight is 183 g/mol. The molecular weight excluding hydrogens is 166 g/mol. The molecule has 0 fully saturated rings. The lowest BCUT2D eigenvalue weighted by atomic mass is 10.0. The lowest BCUT2D eigenvalue weighted by Crippen LogP contribution is -2.28. The first-order valence-electron chi connectivity index (χ1n) is 4.54. The van der Waals surface area contributed by atoms with Crippen molar-refractivity contribution in [2.75, 3.05) is 5.73 Å². The largest absolute Gasteiger partial charge is 0.384 e. The zero-order chi connectivity index (χ0) is 9.68. The molecular formula is C8H17N5. The molecule has 1 aromatic rings. The van der Waals surface area contributed by atoms with E-state index in [-0.39, 0.29) is 6.04 Å². The minimum absolute atomic E-state index is 0.110. The fourth-order valence-electron chi connectivity index (χ4n) is 1.32. The summed E-state index contributed by atoms with van der Waals surface area (Å²) >= 11 is 0. The minimum Gasteiger partial charge on any atom is -0.384 e. The first-order chi connectivity index (χ1) is 6.29. The highest BCUT2D eigenvalue weighted by Crippen LogP contribution is 2.21. The Morgan fingerprint density at radius 3 is 2.92 bits per heavy atom. The van der Waals surface area contributed by atoms with Gasteiger partial charge in [-0.05, 0) is 6.42 Å². The third kappa shape index (κ3) is 2.43. The van der Waals surface area contributed by atoms with E-state index in [1.54, 1.807) is 6.20 Å². The second-order valence-corrected chi connectivity index (χ2v) is 3.10. The molecule has 1 atom stereocenters. The van der Waals surface area contributed by atoms with Crippen LogP contribution in [0.25, 0.3) is 0 Å². The smallest absolute Gasteiger partial charge is 0.123 e. The number of hydrogen-bond donors (Lipinski definition) is 4. The van der Waals surface area contributed by atoms with Gasteiger partial charge in [-0.15, -0.1) is 0 Å². The SMILES string of the molecule is CCCCC(NN)c1cn[nH]c1N. The fraction of sp³-hybridized carbons (Fsp3) is 0.625. The van der Waals surface area contributed by atoms with Gasteiger partial charge in [0.2, 0.25) is 0 Å². The lowest BCUT2D eigenvalue weighted by Gasteiger charge is -2.13. The number of nitrogens with two attached hydrogens (primary N) is 2. The Bertz CT molecular complexity index is 244. The molecule has 0 aliphatic rings. The summed E-state index contributed by atoms with van der Waals surface area (Å²) in [6.07, 6.45) is 4.97. The molecule has 0 aliphatic heterocycles. The topological polar surface area (TPSA) is 92.7 Å². The zero-order valence-electron chi connectivity index (χ0n) is 7.88. The molecule has 0 spiro atoms. The number of nitrogens with one attached hydrogen (secondary N) is 2. The number of aromatic nitrogens is 2. The Hall–Kier alpha value is -1.07. The quantitative estimate of drug-likeness (QED) is 0.399. The van der Waals surface area contributed by atoms with Crippen molar-refractivity contribution in [3.63, 3.8) is 0 Å². The maximum absolute atomic E-state index is 5.68. The van der Waals surface area contributed by atoms with Crippen molar-refractivity contribution in [2.24, 2.45) is 5.84 Å². The standard InChI is InChI=1S/C8H17N5/c1-2-3-4-7(12-10)6-5-11-13-8(6)9/h5,7,12H,2-4,10H2,1H3,(H3,9,11,13). The zero-order valence-corrected chi connectivity index (χ0v) is 7.88. The van der Waals surface area contributed by atoms with Gasteiger partial charge in [-0.1, -0.05) is 19.8 Å². The van der Waals surface area contributed by atoms with E-state index in [9.17, 15) is 0 Å². The van der Waals surface area contributed by atoms with Gasteiger partial charge in [0.15, 0.2) is 0 Å². The second kappa shape index (κ2) is 4.84. The molecule has 1 unspecified atom stereocenters. The molecule has 13 heavy (non-hydrogen) atoms. The van der Waals surface area contributed by atoms with E-state index in [0.29, 0.717) is 5.82 Å². The van der Waals surface area contributed by atoms with E-state index in [4.69, 9.17) is 11.6 Å². The van der Waals surface area contributed by atoms with Crippen molar-refractivity contribution in [1.82, 2.24) is 15.6 Å². The number of nitrogens with zero attached hydrogens (tertiary/aromatic N) is 1. The van der Waals surface area contributed by atoms with Crippen LogP contribution in [0.15, 0.2) is 6.20 Å². The first kappa shape index (κ1) is 10.0. The third-order valence-electron chi connectivity index (χ3n) is 2.12. The minimum atomic E-state index is 0.110. The summed E-state index contributed by atoms with van der Waals surface area (Å²) in [6.45, 7) is 2.15. The molecule has 0 saturated heterocycles. The number of hydrazine groups is 1. The van der Waals surface area contributed by atoms with Crippen molar-refractivity contribution >= 4 is 5.82 Å². The Morgan fingerprint density at radius 2 is 2.46 bits per heavy atom. The van der Waals surface area contributed by atoms with Crippen LogP contribution >= 0.6 is 0 Å². The van der Waals surface area contributed by atoms with E-state index in [2.05, 4.69) is 22.5 Å². The van der Waals surface area contributed by atoms with Crippen LogP contribution in [-0.2, 0) is 0 Å². The van der Waals surface area contributed by atoms with Gasteiger partial charge in [-0.3, -0.25) is 16.4 Å². The maximum Gasteiger partial charge on any atom is 0.123 e. The van der Waals surface area contributed by atoms with Crippen molar-refractivity contribution < 1.29 is 0 Å². The lowest BCUT2D eigenvalue weighted by molar-refractivity contribution is 0.496. The monoisotopic (exact) mass is 183 g/mol. The van der Waals surface area contributed by atoms with Gasteiger partial charge in [-0.25, -0.2) is 0 Å². The van der Waals surface area contributed by atoms with Crippen molar-refractivity contribution in [2.45, 2.75) is 32.2 Å². The number of aromatic amines is 1. The van der Waals surface area contributed by atoms with Crippen LogP contribution in [0, 0.1) is 0 Å². The molecule has 0 aliphatic carbocycles. The van der Waals surface area contributed by atoms with Gasteiger partial charge in [0.1, 0.15) is 5.82 Å². The number of H-pyrrole nitrogens is 1. The Kier molecular flexibility index (Phi) is 3.72. The molecule has 1 aromatic heterocycles. The molecule has 5 nitrogen and oxygen atoms in total. The maximum atomic E-state index is 5.68. The second-order valence-electron chi connectivity index (χ2n) is 3.10. The molecule has 5 heteroatoms. The van der Waals surface area contributed by atoms with E-state index in [1.807, 2.05) is 0 Å². The van der Waals surface area contributed by atoms with Crippen LogP contribution in [0.5, 0.6) is 0 Å². The van der Waals surface area contributed by atoms with Gasteiger partial charge in [0.05, 0.1) is 12.2 Å². The summed E-state index contributed by atoms with van der Waals surface area (Å²) < 4.78 is 0. The van der Waals surface area contributed by atoms with E-state index in [1.165, 1.54) is 0 Å². The third-order valence-corrected chi connectivity index (χ3v) is 2.12. The Morgan fingerprint density at radius 1 is 1.69 bits per heavy atom. The van der Waals surface area contributed by atoms with Crippen molar-refractivity contribution in [3.05, 3.63) is 11.8 Å². The van der Waals surface area contributed by atoms with Crippen molar-refractivity contribution in [3.8, 4) is 0 Å². The Labute approximate surface area is 77.9 Å². The normalized spacial score (nSPS) is 13.1. The molecule has 74 valence electrons. The highest BCUT2D eigenvalue weighted by atomic mass is 15.2. The molecule has 1 heterocycles. The number of rotatable bonds is 5. The van der Waals surface area contributed by atoms with Crippen LogP contribution in [0.1, 0.15) is 37.8 Å². The van der Waals surface area contributed by atoms with Crippen molar-refractivity contribution in [1.29, 1.82) is 0 Å². The van der Waals surface area contributed by atoms with Gasteiger partial charge < -0.3 is 5.73 Å².